The van der Waals surface area contributed by atoms with Gasteiger partial charge in [0.1, 0.15) is 17.2 Å². The second-order valence-electron chi connectivity index (χ2n) is 5.38. The number of hydrogen-bond donors (Lipinski definition) is 1. The van der Waals surface area contributed by atoms with Crippen LogP contribution in [0, 0.1) is 0 Å². The maximum atomic E-state index is 12.4. The highest BCUT2D eigenvalue weighted by Crippen LogP contribution is 2.39. The summed E-state index contributed by atoms with van der Waals surface area (Å²) in [6.45, 7) is 0. The Morgan fingerprint density at radius 3 is 2.35 bits per heavy atom. The number of rotatable bonds is 5. The van der Waals surface area contributed by atoms with Crippen molar-refractivity contribution in [3.63, 3.8) is 0 Å². The molecule has 1 heterocycles. The minimum absolute atomic E-state index is 0.0156. The molecule has 0 spiro atoms. The van der Waals surface area contributed by atoms with E-state index in [0.29, 0.717) is 6.42 Å². The molecular formula is C18H19NO4. The number of ether oxygens (including phenoxy) is 3. The topological polar surface area (TPSA) is 56.8 Å². The van der Waals surface area contributed by atoms with Crippen LogP contribution in [0.15, 0.2) is 36.4 Å². The van der Waals surface area contributed by atoms with Gasteiger partial charge in [0.15, 0.2) is 0 Å². The lowest BCUT2D eigenvalue weighted by Gasteiger charge is -2.14. The van der Waals surface area contributed by atoms with Gasteiger partial charge in [-0.3, -0.25) is 4.79 Å². The second-order valence-corrected chi connectivity index (χ2v) is 5.38. The van der Waals surface area contributed by atoms with E-state index in [0.717, 1.165) is 34.1 Å². The summed E-state index contributed by atoms with van der Waals surface area (Å²) in [7, 11) is 4.86. The van der Waals surface area contributed by atoms with Gasteiger partial charge in [-0.15, -0.1) is 0 Å². The first-order valence-electron chi connectivity index (χ1n) is 7.36. The smallest absolute Gasteiger partial charge is 0.232 e. The molecule has 5 nitrogen and oxygen atoms in total. The van der Waals surface area contributed by atoms with Gasteiger partial charge in [-0.05, 0) is 53.9 Å². The lowest BCUT2D eigenvalue weighted by Crippen LogP contribution is -2.14. The largest absolute Gasteiger partial charge is 0.497 e. The Morgan fingerprint density at radius 2 is 1.65 bits per heavy atom. The number of methoxy groups -OCH3 is 3. The number of carbonyl (C=O) groups is 1. The van der Waals surface area contributed by atoms with Crippen LogP contribution in [-0.2, 0) is 11.2 Å². The highest BCUT2D eigenvalue weighted by Gasteiger charge is 2.31. The zero-order chi connectivity index (χ0) is 16.4. The number of fused-ring (bicyclic) bond motifs is 1. The summed E-state index contributed by atoms with van der Waals surface area (Å²) in [6, 6.07) is 11.2. The summed E-state index contributed by atoms with van der Waals surface area (Å²) >= 11 is 0. The first-order chi connectivity index (χ1) is 11.2. The zero-order valence-corrected chi connectivity index (χ0v) is 13.4. The van der Waals surface area contributed by atoms with Crippen molar-refractivity contribution in [2.24, 2.45) is 0 Å². The first-order valence-corrected chi connectivity index (χ1v) is 7.36. The summed E-state index contributed by atoms with van der Waals surface area (Å²) in [5, 5.41) is 2.92. The molecule has 0 saturated carbocycles. The van der Waals surface area contributed by atoms with Crippen LogP contribution in [0.2, 0.25) is 0 Å². The standard InChI is InChI=1S/C18H19NO4/c1-21-12-5-7-17(23-3)11(8-12)9-15-14-10-13(22-2)4-6-16(14)19-18(15)20/h4-8,10,15H,9H2,1-3H3,(H,19,20). The van der Waals surface area contributed by atoms with E-state index in [-0.39, 0.29) is 11.8 Å². The third kappa shape index (κ3) is 2.82. The molecule has 2 aromatic rings. The summed E-state index contributed by atoms with van der Waals surface area (Å²) in [5.41, 5.74) is 2.71. The molecule has 1 amide bonds. The number of anilines is 1. The van der Waals surface area contributed by atoms with E-state index in [9.17, 15) is 4.79 Å². The lowest BCUT2D eigenvalue weighted by molar-refractivity contribution is -0.117. The summed E-state index contributed by atoms with van der Waals surface area (Å²) in [4.78, 5) is 12.4. The van der Waals surface area contributed by atoms with Crippen molar-refractivity contribution in [3.05, 3.63) is 47.5 Å². The van der Waals surface area contributed by atoms with E-state index < -0.39 is 0 Å². The van der Waals surface area contributed by atoms with E-state index in [2.05, 4.69) is 5.32 Å². The Hall–Kier alpha value is -2.69. The zero-order valence-electron chi connectivity index (χ0n) is 13.4. The van der Waals surface area contributed by atoms with Gasteiger partial charge in [0.05, 0.1) is 27.2 Å². The average Bonchev–Trinajstić information content (AvgIpc) is 2.89. The van der Waals surface area contributed by atoms with Crippen molar-refractivity contribution in [2.45, 2.75) is 12.3 Å². The molecule has 0 fully saturated rings. The fraction of sp³-hybridized carbons (Fsp3) is 0.278. The van der Waals surface area contributed by atoms with Crippen molar-refractivity contribution in [1.82, 2.24) is 0 Å². The number of hydrogen-bond acceptors (Lipinski definition) is 4. The highest BCUT2D eigenvalue weighted by molar-refractivity contribution is 6.03. The van der Waals surface area contributed by atoms with Crippen LogP contribution < -0.4 is 19.5 Å². The van der Waals surface area contributed by atoms with Crippen molar-refractivity contribution in [3.8, 4) is 17.2 Å². The number of carbonyl (C=O) groups excluding carboxylic acids is 1. The monoisotopic (exact) mass is 313 g/mol. The first kappa shape index (κ1) is 15.2. The van der Waals surface area contributed by atoms with Gasteiger partial charge in [0.25, 0.3) is 0 Å². The van der Waals surface area contributed by atoms with Gasteiger partial charge in [0.2, 0.25) is 5.91 Å². The quantitative estimate of drug-likeness (QED) is 0.922. The van der Waals surface area contributed by atoms with Crippen molar-refractivity contribution in [1.29, 1.82) is 0 Å². The second kappa shape index (κ2) is 6.20. The Kier molecular flexibility index (Phi) is 4.10. The van der Waals surface area contributed by atoms with Crippen LogP contribution in [0.4, 0.5) is 5.69 Å². The van der Waals surface area contributed by atoms with Gasteiger partial charge in [-0.1, -0.05) is 0 Å². The summed E-state index contributed by atoms with van der Waals surface area (Å²) < 4.78 is 16.0. The van der Waals surface area contributed by atoms with E-state index in [1.165, 1.54) is 0 Å². The van der Waals surface area contributed by atoms with E-state index in [1.54, 1.807) is 21.3 Å². The predicted octanol–water partition coefficient (Wildman–Crippen LogP) is 2.99. The fourth-order valence-electron chi connectivity index (χ4n) is 2.90. The average molecular weight is 313 g/mol. The molecule has 1 atom stereocenters. The third-order valence-corrected chi connectivity index (χ3v) is 4.12. The summed E-state index contributed by atoms with van der Waals surface area (Å²) in [5.74, 6) is 1.93. The minimum atomic E-state index is -0.277. The maximum absolute atomic E-state index is 12.4. The molecular weight excluding hydrogens is 294 g/mol. The minimum Gasteiger partial charge on any atom is -0.497 e. The fourth-order valence-corrected chi connectivity index (χ4v) is 2.90. The molecule has 0 saturated heterocycles. The van der Waals surface area contributed by atoms with Crippen LogP contribution >= 0.6 is 0 Å². The predicted molar refractivity (Wildman–Crippen MR) is 87.6 cm³/mol. The van der Waals surface area contributed by atoms with Crippen LogP contribution in [0.3, 0.4) is 0 Å². The van der Waals surface area contributed by atoms with Gasteiger partial charge >= 0.3 is 0 Å². The van der Waals surface area contributed by atoms with Crippen LogP contribution in [0.1, 0.15) is 17.0 Å². The van der Waals surface area contributed by atoms with Crippen molar-refractivity contribution < 1.29 is 19.0 Å². The SMILES string of the molecule is COc1ccc(OC)c(CC2C(=O)Nc3ccc(OC)cc32)c1. The van der Waals surface area contributed by atoms with Crippen LogP contribution in [0.25, 0.3) is 0 Å². The molecule has 23 heavy (non-hydrogen) atoms. The molecule has 1 N–H and O–H groups in total. The molecule has 0 aliphatic carbocycles. The van der Waals surface area contributed by atoms with Gasteiger partial charge < -0.3 is 19.5 Å². The van der Waals surface area contributed by atoms with Crippen LogP contribution in [0.5, 0.6) is 17.2 Å². The van der Waals surface area contributed by atoms with E-state index >= 15 is 0 Å². The molecule has 1 unspecified atom stereocenters. The molecule has 0 aromatic heterocycles. The van der Waals surface area contributed by atoms with Crippen molar-refractivity contribution >= 4 is 11.6 Å². The molecule has 0 radical (unpaired) electrons. The molecule has 0 bridgehead atoms. The van der Waals surface area contributed by atoms with Gasteiger partial charge in [-0.2, -0.15) is 0 Å². The number of benzene rings is 2. The van der Waals surface area contributed by atoms with Gasteiger partial charge in [0, 0.05) is 5.69 Å². The molecule has 120 valence electrons. The van der Waals surface area contributed by atoms with Crippen LogP contribution in [-0.4, -0.2) is 27.2 Å². The molecule has 1 aliphatic heterocycles. The summed E-state index contributed by atoms with van der Waals surface area (Å²) in [6.07, 6.45) is 0.534. The molecule has 3 rings (SSSR count). The maximum Gasteiger partial charge on any atom is 0.232 e. The Bertz CT molecular complexity index is 742. The Labute approximate surface area is 135 Å². The number of amides is 1. The lowest BCUT2D eigenvalue weighted by atomic mass is 9.92. The Balaban J connectivity index is 1.96. The number of nitrogens with one attached hydrogen (secondary N) is 1. The molecule has 5 heteroatoms. The Morgan fingerprint density at radius 1 is 0.957 bits per heavy atom. The van der Waals surface area contributed by atoms with E-state index in [4.69, 9.17) is 14.2 Å². The van der Waals surface area contributed by atoms with Crippen molar-refractivity contribution in [2.75, 3.05) is 26.6 Å². The van der Waals surface area contributed by atoms with Gasteiger partial charge in [-0.25, -0.2) is 0 Å². The third-order valence-electron chi connectivity index (χ3n) is 4.12. The van der Waals surface area contributed by atoms with E-state index in [1.807, 2.05) is 36.4 Å². The normalized spacial score (nSPS) is 15.8. The molecule has 2 aromatic carbocycles. The highest BCUT2D eigenvalue weighted by atomic mass is 16.5. The molecule has 1 aliphatic rings.